The third-order valence-electron chi connectivity index (χ3n) is 3.50. The van der Waals surface area contributed by atoms with Gasteiger partial charge < -0.3 is 5.11 Å². The Kier molecular flexibility index (Phi) is 4.50. The Labute approximate surface area is 118 Å². The average molecular weight is 304 g/mol. The zero-order valence-electron chi connectivity index (χ0n) is 10.8. The highest BCUT2D eigenvalue weighted by atomic mass is 35.5. The van der Waals surface area contributed by atoms with E-state index in [0.717, 1.165) is 5.56 Å². The highest BCUT2D eigenvalue weighted by Gasteiger charge is 2.39. The van der Waals surface area contributed by atoms with Crippen LogP contribution in [0.2, 0.25) is 5.02 Å². The Bertz CT molecular complexity index is 547. The fraction of sp³-hybridized carbons (Fsp3) is 0.538. The van der Waals surface area contributed by atoms with Crippen LogP contribution >= 0.6 is 11.6 Å². The van der Waals surface area contributed by atoms with E-state index in [1.54, 1.807) is 0 Å². The van der Waals surface area contributed by atoms with Crippen LogP contribution in [-0.4, -0.2) is 48.6 Å². The minimum Gasteiger partial charge on any atom is -0.390 e. The molecule has 1 aliphatic heterocycles. The number of benzene rings is 1. The minimum absolute atomic E-state index is 0.0203. The molecule has 1 heterocycles. The van der Waals surface area contributed by atoms with E-state index in [4.69, 9.17) is 11.6 Å². The number of nitrogens with zero attached hydrogens (tertiary/aromatic N) is 1. The SMILES string of the molecule is CCN(Cc1ccccc1Cl)[C@H]1CS(=O)(=O)C[C@H]1O. The Morgan fingerprint density at radius 2 is 2.05 bits per heavy atom. The summed E-state index contributed by atoms with van der Waals surface area (Å²) >= 11 is 6.12. The van der Waals surface area contributed by atoms with Crippen LogP contribution in [0.25, 0.3) is 0 Å². The van der Waals surface area contributed by atoms with Crippen molar-refractivity contribution in [3.8, 4) is 0 Å². The summed E-state index contributed by atoms with van der Waals surface area (Å²) in [6.45, 7) is 3.17. The molecule has 2 atom stereocenters. The second-order valence-corrected chi connectivity index (χ2v) is 7.43. The fourth-order valence-electron chi connectivity index (χ4n) is 2.47. The molecule has 0 aliphatic carbocycles. The first-order valence-corrected chi connectivity index (χ1v) is 8.49. The molecule has 0 bridgehead atoms. The summed E-state index contributed by atoms with van der Waals surface area (Å²) in [6, 6.07) is 7.15. The van der Waals surface area contributed by atoms with Crippen molar-refractivity contribution in [2.45, 2.75) is 25.6 Å². The molecular weight excluding hydrogens is 286 g/mol. The zero-order valence-corrected chi connectivity index (χ0v) is 12.4. The van der Waals surface area contributed by atoms with Gasteiger partial charge >= 0.3 is 0 Å². The average Bonchev–Trinajstić information content (AvgIpc) is 2.62. The molecule has 0 saturated carbocycles. The molecule has 2 rings (SSSR count). The van der Waals surface area contributed by atoms with Gasteiger partial charge in [0.05, 0.1) is 23.7 Å². The normalized spacial score (nSPS) is 25.9. The van der Waals surface area contributed by atoms with Gasteiger partial charge in [-0.15, -0.1) is 0 Å². The standard InChI is InChI=1S/C13H18ClNO3S/c1-2-15(7-10-5-3-4-6-11(10)14)12-8-19(17,18)9-13(12)16/h3-6,12-13,16H,2,7-9H2,1H3/t12-,13+/m0/s1. The molecule has 1 N–H and O–H groups in total. The van der Waals surface area contributed by atoms with E-state index in [-0.39, 0.29) is 17.5 Å². The molecule has 1 aromatic carbocycles. The van der Waals surface area contributed by atoms with Crippen molar-refractivity contribution in [3.05, 3.63) is 34.9 Å². The number of sulfone groups is 1. The monoisotopic (exact) mass is 303 g/mol. The maximum Gasteiger partial charge on any atom is 0.154 e. The number of rotatable bonds is 4. The van der Waals surface area contributed by atoms with Crippen LogP contribution in [0.3, 0.4) is 0 Å². The minimum atomic E-state index is -3.13. The number of hydrogen-bond donors (Lipinski definition) is 1. The number of halogens is 1. The van der Waals surface area contributed by atoms with Crippen LogP contribution in [0.4, 0.5) is 0 Å². The molecule has 0 unspecified atom stereocenters. The lowest BCUT2D eigenvalue weighted by Crippen LogP contribution is -2.42. The first kappa shape index (κ1) is 14.8. The van der Waals surface area contributed by atoms with Gasteiger partial charge in [-0.25, -0.2) is 8.42 Å². The van der Waals surface area contributed by atoms with Gasteiger partial charge in [0.1, 0.15) is 0 Å². The van der Waals surface area contributed by atoms with Crippen LogP contribution in [-0.2, 0) is 16.4 Å². The summed E-state index contributed by atoms with van der Waals surface area (Å²) in [7, 11) is -3.13. The summed E-state index contributed by atoms with van der Waals surface area (Å²) in [4.78, 5) is 1.97. The van der Waals surface area contributed by atoms with Gasteiger partial charge in [-0.1, -0.05) is 36.7 Å². The number of hydrogen-bond acceptors (Lipinski definition) is 4. The van der Waals surface area contributed by atoms with Gasteiger partial charge in [0, 0.05) is 11.6 Å². The second-order valence-electron chi connectivity index (χ2n) is 4.87. The van der Waals surface area contributed by atoms with Crippen molar-refractivity contribution < 1.29 is 13.5 Å². The summed E-state index contributed by atoms with van der Waals surface area (Å²) in [5, 5.41) is 10.6. The van der Waals surface area contributed by atoms with E-state index in [0.29, 0.717) is 18.1 Å². The molecule has 0 amide bonds. The molecule has 0 spiro atoms. The van der Waals surface area contributed by atoms with Crippen LogP contribution in [0.1, 0.15) is 12.5 Å². The number of aliphatic hydroxyl groups excluding tert-OH is 1. The van der Waals surface area contributed by atoms with E-state index in [9.17, 15) is 13.5 Å². The van der Waals surface area contributed by atoms with E-state index in [1.165, 1.54) is 0 Å². The van der Waals surface area contributed by atoms with Gasteiger partial charge in [0.2, 0.25) is 0 Å². The maximum atomic E-state index is 11.6. The van der Waals surface area contributed by atoms with Crippen molar-refractivity contribution in [2.24, 2.45) is 0 Å². The topological polar surface area (TPSA) is 57.6 Å². The zero-order chi connectivity index (χ0) is 14.0. The van der Waals surface area contributed by atoms with Gasteiger partial charge in [-0.2, -0.15) is 0 Å². The number of aliphatic hydroxyl groups is 1. The third kappa shape index (κ3) is 3.48. The molecule has 0 radical (unpaired) electrons. The molecule has 1 aromatic rings. The molecule has 4 nitrogen and oxygen atoms in total. The number of likely N-dealkylation sites (N-methyl/N-ethyl adjacent to an activating group) is 1. The van der Waals surface area contributed by atoms with Gasteiger partial charge in [0.25, 0.3) is 0 Å². The lowest BCUT2D eigenvalue weighted by molar-refractivity contribution is 0.0819. The van der Waals surface area contributed by atoms with Crippen LogP contribution < -0.4 is 0 Å². The Hall–Kier alpha value is -0.620. The summed E-state index contributed by atoms with van der Waals surface area (Å²) in [6.07, 6.45) is -0.813. The molecular formula is C13H18ClNO3S. The van der Waals surface area contributed by atoms with E-state index in [2.05, 4.69) is 0 Å². The quantitative estimate of drug-likeness (QED) is 0.911. The van der Waals surface area contributed by atoms with Crippen LogP contribution in [0.5, 0.6) is 0 Å². The molecule has 0 aromatic heterocycles. The molecule has 1 saturated heterocycles. The largest absolute Gasteiger partial charge is 0.390 e. The summed E-state index contributed by atoms with van der Waals surface area (Å²) < 4.78 is 23.2. The predicted molar refractivity (Wildman–Crippen MR) is 76.0 cm³/mol. The summed E-state index contributed by atoms with van der Waals surface area (Å²) in [5.41, 5.74) is 0.947. The second kappa shape index (κ2) is 5.79. The molecule has 6 heteroatoms. The molecule has 106 valence electrons. The predicted octanol–water partition coefficient (Wildman–Crippen LogP) is 1.32. The van der Waals surface area contributed by atoms with Gasteiger partial charge in [-0.3, -0.25) is 4.90 Å². The lowest BCUT2D eigenvalue weighted by Gasteiger charge is -2.29. The van der Waals surface area contributed by atoms with Crippen molar-refractivity contribution in [3.63, 3.8) is 0 Å². The van der Waals surface area contributed by atoms with Crippen molar-refractivity contribution in [1.82, 2.24) is 4.90 Å². The van der Waals surface area contributed by atoms with Crippen molar-refractivity contribution >= 4 is 21.4 Å². The molecule has 1 fully saturated rings. The Balaban J connectivity index is 2.16. The third-order valence-corrected chi connectivity index (χ3v) is 5.57. The van der Waals surface area contributed by atoms with E-state index in [1.807, 2.05) is 36.1 Å². The van der Waals surface area contributed by atoms with Gasteiger partial charge in [0.15, 0.2) is 9.84 Å². The highest BCUT2D eigenvalue weighted by molar-refractivity contribution is 7.91. The van der Waals surface area contributed by atoms with E-state index < -0.39 is 15.9 Å². The highest BCUT2D eigenvalue weighted by Crippen LogP contribution is 2.23. The maximum absolute atomic E-state index is 11.6. The van der Waals surface area contributed by atoms with Crippen LogP contribution in [0, 0.1) is 0 Å². The van der Waals surface area contributed by atoms with Crippen LogP contribution in [0.15, 0.2) is 24.3 Å². The van der Waals surface area contributed by atoms with E-state index >= 15 is 0 Å². The Morgan fingerprint density at radius 1 is 1.37 bits per heavy atom. The molecule has 19 heavy (non-hydrogen) atoms. The fourth-order valence-corrected chi connectivity index (χ4v) is 4.50. The van der Waals surface area contributed by atoms with Crippen molar-refractivity contribution in [2.75, 3.05) is 18.1 Å². The summed E-state index contributed by atoms with van der Waals surface area (Å²) in [5.74, 6) is -0.122. The smallest absolute Gasteiger partial charge is 0.154 e. The van der Waals surface area contributed by atoms with Crippen molar-refractivity contribution in [1.29, 1.82) is 0 Å². The first-order chi connectivity index (χ1) is 8.93. The Morgan fingerprint density at radius 3 is 2.58 bits per heavy atom. The molecule has 1 aliphatic rings. The lowest BCUT2D eigenvalue weighted by atomic mass is 10.1. The van der Waals surface area contributed by atoms with Gasteiger partial charge in [-0.05, 0) is 18.2 Å². The first-order valence-electron chi connectivity index (χ1n) is 6.29.